The van der Waals surface area contributed by atoms with Crippen LogP contribution in [0.2, 0.25) is 0 Å². The number of aromatic nitrogens is 4. The Morgan fingerprint density at radius 2 is 1.68 bits per heavy atom. The number of benzene rings is 3. The van der Waals surface area contributed by atoms with Crippen LogP contribution in [-0.4, -0.2) is 30.7 Å². The number of para-hydroxylation sites is 1. The van der Waals surface area contributed by atoms with E-state index >= 15 is 0 Å². The Morgan fingerprint density at radius 1 is 0.951 bits per heavy atom. The number of ketones is 1. The largest absolute Gasteiger partial charge is 0.293 e. The zero-order valence-corrected chi connectivity index (χ0v) is 25.2. The molecule has 3 aromatic carbocycles. The molecule has 0 saturated heterocycles. The van der Waals surface area contributed by atoms with Gasteiger partial charge < -0.3 is 0 Å². The number of halogens is 1. The van der Waals surface area contributed by atoms with E-state index in [0.29, 0.717) is 16.5 Å². The van der Waals surface area contributed by atoms with Crippen LogP contribution in [0.4, 0.5) is 0 Å². The number of carbonyl (C=O) groups excluding carboxylic acids is 1. The van der Waals surface area contributed by atoms with Crippen molar-refractivity contribution < 1.29 is 4.79 Å². The minimum absolute atomic E-state index is 0.00640. The number of carbonyl (C=O) groups is 1. The molecule has 0 bridgehead atoms. The molecule has 5 aromatic rings. The predicted octanol–water partition coefficient (Wildman–Crippen LogP) is 7.35. The minimum Gasteiger partial charge on any atom is -0.293 e. The van der Waals surface area contributed by atoms with E-state index in [0.717, 1.165) is 64.6 Å². The highest BCUT2D eigenvalue weighted by Crippen LogP contribution is 2.49. The number of nitrogens with zero attached hydrogens (tertiary/aromatic N) is 4. The van der Waals surface area contributed by atoms with Gasteiger partial charge in [0.05, 0.1) is 17.1 Å². The zero-order chi connectivity index (χ0) is 28.1. The summed E-state index contributed by atoms with van der Waals surface area (Å²) in [5.41, 5.74) is 6.28. The molecule has 2 heterocycles. The third kappa shape index (κ3) is 4.39. The molecule has 0 N–H and O–H groups in total. The number of fused-ring (bicyclic) bond motifs is 6. The highest BCUT2D eigenvalue weighted by molar-refractivity contribution is 9.10. The van der Waals surface area contributed by atoms with E-state index in [-0.39, 0.29) is 22.5 Å². The van der Waals surface area contributed by atoms with Gasteiger partial charge in [-0.1, -0.05) is 102 Å². The molecule has 41 heavy (non-hydrogen) atoms. The standard InChI is InChI=1S/C33H29BrN4O2S/c1-21-9-3-6-12-26(21)37-30(40)28-29(25-11-5-4-10-23(25)19-33(28)17-7-2-8-18-33)38-31(37)35-36-32(38)41-20-27(39)22-13-15-24(34)16-14-22/h3-6,9-16H,2,7-8,17-20H2,1H3. The highest BCUT2D eigenvalue weighted by Gasteiger charge is 2.44. The maximum absolute atomic E-state index is 14.8. The van der Waals surface area contributed by atoms with E-state index in [4.69, 9.17) is 0 Å². The van der Waals surface area contributed by atoms with E-state index in [9.17, 15) is 9.59 Å². The van der Waals surface area contributed by atoms with Gasteiger partial charge in [-0.3, -0.25) is 14.0 Å². The molecule has 0 aliphatic heterocycles. The van der Waals surface area contributed by atoms with E-state index < -0.39 is 0 Å². The average molecular weight is 626 g/mol. The summed E-state index contributed by atoms with van der Waals surface area (Å²) < 4.78 is 4.74. The summed E-state index contributed by atoms with van der Waals surface area (Å²) in [5.74, 6) is 0.710. The van der Waals surface area contributed by atoms with Gasteiger partial charge in [0.2, 0.25) is 5.78 Å². The first kappa shape index (κ1) is 26.4. The molecule has 1 saturated carbocycles. The first-order valence-electron chi connectivity index (χ1n) is 14.1. The van der Waals surface area contributed by atoms with Gasteiger partial charge in [0, 0.05) is 26.6 Å². The van der Waals surface area contributed by atoms with Crippen molar-refractivity contribution in [2.75, 3.05) is 5.75 Å². The summed E-state index contributed by atoms with van der Waals surface area (Å²) in [5, 5.41) is 9.83. The third-order valence-corrected chi connectivity index (χ3v) is 10.1. The molecule has 1 fully saturated rings. The lowest BCUT2D eigenvalue weighted by molar-refractivity contribution is 0.102. The maximum atomic E-state index is 14.8. The Bertz CT molecular complexity index is 1870. The first-order valence-corrected chi connectivity index (χ1v) is 15.9. The summed E-state index contributed by atoms with van der Waals surface area (Å²) in [4.78, 5) is 27.9. The quantitative estimate of drug-likeness (QED) is 0.151. The van der Waals surface area contributed by atoms with Crippen LogP contribution in [0, 0.1) is 6.92 Å². The van der Waals surface area contributed by atoms with Crippen molar-refractivity contribution in [3.63, 3.8) is 0 Å². The van der Waals surface area contributed by atoms with E-state index in [1.165, 1.54) is 23.7 Å². The van der Waals surface area contributed by atoms with E-state index in [1.807, 2.05) is 61.5 Å². The van der Waals surface area contributed by atoms with Crippen LogP contribution in [0.25, 0.3) is 22.7 Å². The van der Waals surface area contributed by atoms with Crippen LogP contribution in [0.3, 0.4) is 0 Å². The molecule has 0 amide bonds. The van der Waals surface area contributed by atoms with Gasteiger partial charge in [-0.2, -0.15) is 0 Å². The molecule has 1 spiro atoms. The van der Waals surface area contributed by atoms with Crippen molar-refractivity contribution in [3.8, 4) is 16.9 Å². The Morgan fingerprint density at radius 3 is 2.46 bits per heavy atom. The summed E-state index contributed by atoms with van der Waals surface area (Å²) in [6, 6.07) is 23.8. The summed E-state index contributed by atoms with van der Waals surface area (Å²) in [6.45, 7) is 2.02. The molecular weight excluding hydrogens is 596 g/mol. The van der Waals surface area contributed by atoms with Crippen molar-refractivity contribution in [1.29, 1.82) is 0 Å². The van der Waals surface area contributed by atoms with Gasteiger partial charge in [-0.05, 0) is 55.5 Å². The second-order valence-electron chi connectivity index (χ2n) is 11.2. The number of rotatable bonds is 5. The lowest BCUT2D eigenvalue weighted by Gasteiger charge is -2.42. The van der Waals surface area contributed by atoms with Crippen molar-refractivity contribution >= 4 is 39.3 Å². The van der Waals surface area contributed by atoms with Crippen LogP contribution in [0.1, 0.15) is 59.2 Å². The minimum atomic E-state index is -0.239. The molecule has 2 aromatic heterocycles. The fourth-order valence-electron chi connectivity index (χ4n) is 6.74. The van der Waals surface area contributed by atoms with Crippen LogP contribution in [-0.2, 0) is 11.8 Å². The lowest BCUT2D eigenvalue weighted by atomic mass is 9.62. The molecule has 2 aliphatic rings. The van der Waals surface area contributed by atoms with Crippen LogP contribution < -0.4 is 5.56 Å². The fourth-order valence-corrected chi connectivity index (χ4v) is 7.83. The number of Topliss-reactive ketones (excluding diaryl/α,β-unsaturated/α-hetero) is 1. The van der Waals surface area contributed by atoms with Gasteiger partial charge in [0.15, 0.2) is 10.9 Å². The molecule has 0 atom stereocenters. The van der Waals surface area contributed by atoms with Crippen molar-refractivity contribution in [3.05, 3.63) is 110 Å². The van der Waals surface area contributed by atoms with E-state index in [1.54, 1.807) is 4.57 Å². The second-order valence-corrected chi connectivity index (χ2v) is 13.0. The number of thioether (sulfide) groups is 1. The smallest absolute Gasteiger partial charge is 0.263 e. The SMILES string of the molecule is Cc1ccccc1-n1c(=O)c2c(n3c(SCC(=O)c4ccc(Br)cc4)nnc13)-c1ccccc1CC21CCCCC1. The molecule has 6 nitrogen and oxygen atoms in total. The summed E-state index contributed by atoms with van der Waals surface area (Å²) >= 11 is 4.81. The maximum Gasteiger partial charge on any atom is 0.263 e. The molecule has 8 heteroatoms. The monoisotopic (exact) mass is 624 g/mol. The van der Waals surface area contributed by atoms with Crippen LogP contribution in [0.15, 0.2) is 87.2 Å². The summed E-state index contributed by atoms with van der Waals surface area (Å²) in [6.07, 6.45) is 6.23. The lowest BCUT2D eigenvalue weighted by Crippen LogP contribution is -2.43. The van der Waals surface area contributed by atoms with Crippen LogP contribution in [0.5, 0.6) is 0 Å². The van der Waals surface area contributed by atoms with Gasteiger partial charge in [-0.25, -0.2) is 4.57 Å². The fraction of sp³-hybridized carbons (Fsp3) is 0.273. The Kier molecular flexibility index (Phi) is 6.70. The van der Waals surface area contributed by atoms with Gasteiger partial charge in [0.1, 0.15) is 0 Å². The Balaban J connectivity index is 1.49. The Hall–Kier alpha value is -3.49. The van der Waals surface area contributed by atoms with Crippen molar-refractivity contribution in [2.45, 2.75) is 56.0 Å². The van der Waals surface area contributed by atoms with Gasteiger partial charge >= 0.3 is 0 Å². The van der Waals surface area contributed by atoms with Gasteiger partial charge in [0.25, 0.3) is 5.56 Å². The first-order chi connectivity index (χ1) is 20.0. The van der Waals surface area contributed by atoms with Crippen LogP contribution >= 0.6 is 27.7 Å². The highest BCUT2D eigenvalue weighted by atomic mass is 79.9. The summed E-state index contributed by atoms with van der Waals surface area (Å²) in [7, 11) is 0. The molecule has 0 radical (unpaired) electrons. The van der Waals surface area contributed by atoms with Crippen molar-refractivity contribution in [2.24, 2.45) is 0 Å². The molecule has 0 unspecified atom stereocenters. The molecule has 206 valence electrons. The average Bonchev–Trinajstić information content (AvgIpc) is 3.40. The topological polar surface area (TPSA) is 69.3 Å². The van der Waals surface area contributed by atoms with E-state index in [2.05, 4.69) is 48.7 Å². The number of hydrogen-bond donors (Lipinski definition) is 0. The normalized spacial score (nSPS) is 15.6. The number of aryl methyl sites for hydroxylation is 1. The number of hydrogen-bond acceptors (Lipinski definition) is 5. The van der Waals surface area contributed by atoms with Gasteiger partial charge in [-0.15, -0.1) is 10.2 Å². The third-order valence-electron chi connectivity index (χ3n) is 8.69. The van der Waals surface area contributed by atoms with Crippen molar-refractivity contribution in [1.82, 2.24) is 19.2 Å². The Labute approximate surface area is 251 Å². The molecule has 7 rings (SSSR count). The predicted molar refractivity (Wildman–Crippen MR) is 166 cm³/mol. The molecular formula is C33H29BrN4O2S. The zero-order valence-electron chi connectivity index (χ0n) is 22.8. The second kappa shape index (κ2) is 10.4. The molecule has 2 aliphatic carbocycles.